The van der Waals surface area contributed by atoms with Crippen molar-refractivity contribution in [3.05, 3.63) is 35.7 Å². The number of hydrogen-bond donors (Lipinski definition) is 2. The number of carbonyl (C=O) groups is 2. The van der Waals surface area contributed by atoms with Crippen molar-refractivity contribution in [2.45, 2.75) is 13.3 Å². The number of halogens is 3. The van der Waals surface area contributed by atoms with Gasteiger partial charge in [0.2, 0.25) is 0 Å². The number of carbonyl (C=O) groups excluding carboxylic acids is 2. The van der Waals surface area contributed by atoms with Crippen LogP contribution in [0.4, 0.5) is 19.2 Å². The number of aromatic nitrogens is 2. The molecule has 0 atom stereocenters. The Morgan fingerprint density at radius 2 is 1.83 bits per heavy atom. The van der Waals surface area contributed by atoms with Crippen LogP contribution in [0.3, 0.4) is 0 Å². The normalized spacial score (nSPS) is 11.0. The number of rotatable bonds is 5. The predicted molar refractivity (Wildman–Crippen MR) is 73.4 cm³/mol. The van der Waals surface area contributed by atoms with Crippen molar-refractivity contribution in [2.75, 3.05) is 11.9 Å². The van der Waals surface area contributed by atoms with Gasteiger partial charge in [-0.15, -0.1) is 18.3 Å². The van der Waals surface area contributed by atoms with E-state index in [0.717, 1.165) is 24.3 Å². The van der Waals surface area contributed by atoms with E-state index in [0.29, 0.717) is 6.54 Å². The van der Waals surface area contributed by atoms with Gasteiger partial charge in [-0.25, -0.2) is 0 Å². The van der Waals surface area contributed by atoms with Crippen molar-refractivity contribution in [2.24, 2.45) is 0 Å². The third kappa shape index (κ3) is 4.69. The summed E-state index contributed by atoms with van der Waals surface area (Å²) >= 11 is 0. The first-order valence-electron chi connectivity index (χ1n) is 6.57. The van der Waals surface area contributed by atoms with E-state index >= 15 is 0 Å². The smallest absolute Gasteiger partial charge is 0.406 e. The minimum atomic E-state index is -4.82. The first-order chi connectivity index (χ1) is 11.3. The summed E-state index contributed by atoms with van der Waals surface area (Å²) < 4.78 is 44.8. The molecule has 2 rings (SSSR count). The molecular formula is C13H11F3N4O4. The lowest BCUT2D eigenvalue weighted by Gasteiger charge is -2.08. The van der Waals surface area contributed by atoms with Crippen molar-refractivity contribution >= 4 is 17.8 Å². The molecule has 0 unspecified atom stereocenters. The van der Waals surface area contributed by atoms with E-state index in [2.05, 4.69) is 25.6 Å². The Balaban J connectivity index is 2.01. The fraction of sp³-hybridized carbons (Fsp3) is 0.231. The number of nitrogens with one attached hydrogen (secondary N) is 2. The number of alkyl halides is 3. The molecule has 0 saturated carbocycles. The van der Waals surface area contributed by atoms with Gasteiger partial charge in [0.25, 0.3) is 5.91 Å². The van der Waals surface area contributed by atoms with Crippen LogP contribution in [0.2, 0.25) is 0 Å². The highest BCUT2D eigenvalue weighted by molar-refractivity contribution is 6.03. The number of hydrogen-bond acceptors (Lipinski definition) is 6. The zero-order valence-electron chi connectivity index (χ0n) is 12.2. The number of nitrogens with zero attached hydrogens (tertiary/aromatic N) is 2. The standard InChI is InChI=1S/C13H11F3N4O4/c1-2-17-10(22)11-19-20-12(23-11)18-9(21)7-3-5-8(6-4-7)24-13(14,15)16/h3-6H,2H2,1H3,(H,17,22)(H,18,20,21). The summed E-state index contributed by atoms with van der Waals surface area (Å²) in [6, 6.07) is 3.89. The van der Waals surface area contributed by atoms with Crippen LogP contribution in [-0.4, -0.2) is 34.9 Å². The summed E-state index contributed by atoms with van der Waals surface area (Å²) in [5, 5.41) is 11.6. The van der Waals surface area contributed by atoms with Crippen molar-refractivity contribution in [1.82, 2.24) is 15.5 Å². The van der Waals surface area contributed by atoms with Crippen molar-refractivity contribution in [3.8, 4) is 5.75 Å². The fourth-order valence-corrected chi connectivity index (χ4v) is 1.58. The summed E-state index contributed by atoms with van der Waals surface area (Å²) in [5.41, 5.74) is 0.0299. The van der Waals surface area contributed by atoms with Crippen LogP contribution in [0.15, 0.2) is 28.7 Å². The van der Waals surface area contributed by atoms with E-state index in [1.54, 1.807) is 6.92 Å². The van der Waals surface area contributed by atoms with Gasteiger partial charge in [-0.3, -0.25) is 14.9 Å². The first-order valence-corrected chi connectivity index (χ1v) is 6.57. The monoisotopic (exact) mass is 344 g/mol. The van der Waals surface area contributed by atoms with Crippen LogP contribution in [-0.2, 0) is 0 Å². The molecule has 1 heterocycles. The molecule has 11 heteroatoms. The molecule has 0 radical (unpaired) electrons. The molecule has 0 aliphatic heterocycles. The molecule has 1 aromatic carbocycles. The van der Waals surface area contributed by atoms with Crippen molar-refractivity contribution < 1.29 is 31.9 Å². The second-order valence-corrected chi connectivity index (χ2v) is 4.30. The third-order valence-electron chi connectivity index (χ3n) is 2.53. The van der Waals surface area contributed by atoms with Crippen LogP contribution >= 0.6 is 0 Å². The van der Waals surface area contributed by atoms with Crippen molar-refractivity contribution in [3.63, 3.8) is 0 Å². The Labute approximate surface area is 133 Å². The first kappa shape index (κ1) is 17.2. The van der Waals surface area contributed by atoms with Gasteiger partial charge in [-0.2, -0.15) is 0 Å². The highest BCUT2D eigenvalue weighted by Gasteiger charge is 2.31. The maximum absolute atomic E-state index is 12.0. The minimum absolute atomic E-state index is 0.0299. The Kier molecular flexibility index (Phi) is 5.02. The quantitative estimate of drug-likeness (QED) is 0.859. The average Bonchev–Trinajstić information content (AvgIpc) is 2.95. The lowest BCUT2D eigenvalue weighted by Crippen LogP contribution is -2.22. The molecule has 24 heavy (non-hydrogen) atoms. The molecule has 2 N–H and O–H groups in total. The molecule has 0 saturated heterocycles. The van der Waals surface area contributed by atoms with Gasteiger partial charge in [-0.1, -0.05) is 5.10 Å². The van der Waals surface area contributed by atoms with Gasteiger partial charge < -0.3 is 14.5 Å². The highest BCUT2D eigenvalue weighted by Crippen LogP contribution is 2.23. The molecule has 0 aliphatic rings. The van der Waals surface area contributed by atoms with Gasteiger partial charge in [-0.05, 0) is 31.2 Å². The highest BCUT2D eigenvalue weighted by atomic mass is 19.4. The fourth-order valence-electron chi connectivity index (χ4n) is 1.58. The molecule has 0 spiro atoms. The average molecular weight is 344 g/mol. The Morgan fingerprint density at radius 3 is 2.42 bits per heavy atom. The van der Waals surface area contributed by atoms with Crippen LogP contribution < -0.4 is 15.4 Å². The van der Waals surface area contributed by atoms with Crippen LogP contribution in [0.25, 0.3) is 0 Å². The zero-order valence-corrected chi connectivity index (χ0v) is 12.2. The zero-order chi connectivity index (χ0) is 17.7. The topological polar surface area (TPSA) is 106 Å². The molecule has 2 aromatic rings. The SMILES string of the molecule is CCNC(=O)c1nnc(NC(=O)c2ccc(OC(F)(F)F)cc2)o1. The Hall–Kier alpha value is -3.11. The van der Waals surface area contributed by atoms with Crippen LogP contribution in [0.1, 0.15) is 28.0 Å². The predicted octanol–water partition coefficient (Wildman–Crippen LogP) is 1.97. The van der Waals surface area contributed by atoms with E-state index in [1.165, 1.54) is 0 Å². The maximum Gasteiger partial charge on any atom is 0.573 e. The van der Waals surface area contributed by atoms with Gasteiger partial charge >= 0.3 is 24.2 Å². The van der Waals surface area contributed by atoms with Gasteiger partial charge in [0.15, 0.2) is 0 Å². The Bertz CT molecular complexity index is 728. The molecule has 1 aromatic heterocycles. The molecule has 128 valence electrons. The van der Waals surface area contributed by atoms with E-state index < -0.39 is 23.9 Å². The molecule has 0 aliphatic carbocycles. The van der Waals surface area contributed by atoms with Gasteiger partial charge in [0.05, 0.1) is 0 Å². The molecule has 0 fully saturated rings. The molecular weight excluding hydrogens is 333 g/mol. The van der Waals surface area contributed by atoms with Gasteiger partial charge in [0.1, 0.15) is 5.75 Å². The summed E-state index contributed by atoms with van der Waals surface area (Å²) in [6.45, 7) is 2.05. The van der Waals surface area contributed by atoms with Gasteiger partial charge in [0, 0.05) is 12.1 Å². The summed E-state index contributed by atoms with van der Waals surface area (Å²) in [6.07, 6.45) is -4.82. The van der Waals surface area contributed by atoms with E-state index in [-0.39, 0.29) is 17.5 Å². The van der Waals surface area contributed by atoms with Crippen molar-refractivity contribution in [1.29, 1.82) is 0 Å². The summed E-state index contributed by atoms with van der Waals surface area (Å²) in [4.78, 5) is 23.4. The minimum Gasteiger partial charge on any atom is -0.406 e. The van der Waals surface area contributed by atoms with E-state index in [9.17, 15) is 22.8 Å². The second-order valence-electron chi connectivity index (χ2n) is 4.30. The lowest BCUT2D eigenvalue weighted by molar-refractivity contribution is -0.274. The number of ether oxygens (including phenoxy) is 1. The summed E-state index contributed by atoms with van der Waals surface area (Å²) in [5.74, 6) is -2.10. The number of benzene rings is 1. The second kappa shape index (κ2) is 6.98. The Morgan fingerprint density at radius 1 is 1.17 bits per heavy atom. The van der Waals surface area contributed by atoms with Crippen LogP contribution in [0.5, 0.6) is 5.75 Å². The molecule has 2 amide bonds. The summed E-state index contributed by atoms with van der Waals surface area (Å²) in [7, 11) is 0. The third-order valence-corrected chi connectivity index (χ3v) is 2.53. The van der Waals surface area contributed by atoms with E-state index in [4.69, 9.17) is 4.42 Å². The lowest BCUT2D eigenvalue weighted by atomic mass is 10.2. The van der Waals surface area contributed by atoms with E-state index in [1.807, 2.05) is 0 Å². The maximum atomic E-state index is 12.0. The van der Waals surface area contributed by atoms with Crippen LogP contribution in [0, 0.1) is 0 Å². The number of amides is 2. The molecule has 8 nitrogen and oxygen atoms in total. The largest absolute Gasteiger partial charge is 0.573 e. The molecule has 0 bridgehead atoms. The number of anilines is 1.